The molecule has 2 rings (SSSR count). The van der Waals surface area contributed by atoms with Crippen molar-refractivity contribution in [1.82, 2.24) is 14.5 Å². The van der Waals surface area contributed by atoms with E-state index < -0.39 is 10.0 Å². The second kappa shape index (κ2) is 4.89. The van der Waals surface area contributed by atoms with Crippen LogP contribution in [-0.4, -0.2) is 24.2 Å². The molecule has 3 N–H and O–H groups in total. The summed E-state index contributed by atoms with van der Waals surface area (Å²) in [7, 11) is -3.56. The van der Waals surface area contributed by atoms with Gasteiger partial charge in [-0.1, -0.05) is 12.8 Å². The maximum Gasteiger partial charge on any atom is 0.246 e. The fourth-order valence-electron chi connectivity index (χ4n) is 2.02. The van der Waals surface area contributed by atoms with E-state index in [2.05, 4.69) is 9.82 Å². The van der Waals surface area contributed by atoms with Crippen LogP contribution in [0.15, 0.2) is 11.1 Å². The van der Waals surface area contributed by atoms with Gasteiger partial charge in [-0.25, -0.2) is 13.1 Å². The molecule has 1 unspecified atom stereocenters. The summed E-state index contributed by atoms with van der Waals surface area (Å²) in [5.74, 6) is 0.737. The summed E-state index contributed by atoms with van der Waals surface area (Å²) in [5, 5.41) is 3.95. The minimum atomic E-state index is -3.56. The van der Waals surface area contributed by atoms with Crippen molar-refractivity contribution in [3.05, 3.63) is 6.20 Å². The third-order valence-corrected chi connectivity index (χ3v) is 4.71. The Bertz CT molecular complexity index is 519. The maximum atomic E-state index is 12.2. The standard InChI is InChI=1S/C11H20N4O2S/c1-3-15-7-10(11(12)13-15)18(16,17)14-8(2)6-9-4-5-9/h7-9,14H,3-6H2,1-2H3,(H2,12,13). The molecule has 102 valence electrons. The predicted molar refractivity (Wildman–Crippen MR) is 69.4 cm³/mol. The zero-order valence-electron chi connectivity index (χ0n) is 10.8. The van der Waals surface area contributed by atoms with Crippen LogP contribution in [0.25, 0.3) is 0 Å². The zero-order valence-corrected chi connectivity index (χ0v) is 11.6. The van der Waals surface area contributed by atoms with E-state index in [-0.39, 0.29) is 16.8 Å². The van der Waals surface area contributed by atoms with Crippen LogP contribution in [0.3, 0.4) is 0 Å². The molecule has 0 aliphatic heterocycles. The molecule has 0 radical (unpaired) electrons. The first-order valence-electron chi connectivity index (χ1n) is 6.27. The summed E-state index contributed by atoms with van der Waals surface area (Å²) in [4.78, 5) is 0.0759. The summed E-state index contributed by atoms with van der Waals surface area (Å²) in [5.41, 5.74) is 5.64. The van der Waals surface area contributed by atoms with Crippen molar-refractivity contribution in [3.63, 3.8) is 0 Å². The second-order valence-corrected chi connectivity index (χ2v) is 6.62. The van der Waals surface area contributed by atoms with Crippen LogP contribution in [0, 0.1) is 5.92 Å². The number of nitrogens with one attached hydrogen (secondary N) is 1. The Morgan fingerprint density at radius 2 is 2.28 bits per heavy atom. The summed E-state index contributed by atoms with van der Waals surface area (Å²) in [6.07, 6.45) is 4.78. The van der Waals surface area contributed by atoms with E-state index in [4.69, 9.17) is 5.73 Å². The molecule has 0 saturated heterocycles. The lowest BCUT2D eigenvalue weighted by Gasteiger charge is -2.12. The molecule has 0 amide bonds. The normalized spacial score (nSPS) is 17.9. The van der Waals surface area contributed by atoms with E-state index >= 15 is 0 Å². The number of nitrogens with zero attached hydrogens (tertiary/aromatic N) is 2. The Labute approximate surface area is 108 Å². The van der Waals surface area contributed by atoms with Crippen molar-refractivity contribution in [2.45, 2.75) is 50.6 Å². The summed E-state index contributed by atoms with van der Waals surface area (Å²) in [6, 6.07) is -0.0631. The Hall–Kier alpha value is -1.08. The molecular weight excluding hydrogens is 252 g/mol. The monoisotopic (exact) mass is 272 g/mol. The third kappa shape index (κ3) is 3.02. The molecule has 6 nitrogen and oxygen atoms in total. The lowest BCUT2D eigenvalue weighted by atomic mass is 10.2. The fraction of sp³-hybridized carbons (Fsp3) is 0.727. The number of nitrogen functional groups attached to an aromatic ring is 1. The molecule has 18 heavy (non-hydrogen) atoms. The van der Waals surface area contributed by atoms with Crippen LogP contribution in [0.1, 0.15) is 33.1 Å². The van der Waals surface area contributed by atoms with E-state index in [1.807, 2.05) is 13.8 Å². The molecule has 1 aliphatic carbocycles. The number of rotatable bonds is 6. The van der Waals surface area contributed by atoms with E-state index in [0.717, 1.165) is 6.42 Å². The first kappa shape index (κ1) is 13.4. The van der Waals surface area contributed by atoms with Gasteiger partial charge in [0.1, 0.15) is 4.90 Å². The number of aryl methyl sites for hydroxylation is 1. The van der Waals surface area contributed by atoms with Gasteiger partial charge >= 0.3 is 0 Å². The van der Waals surface area contributed by atoms with Crippen molar-refractivity contribution in [1.29, 1.82) is 0 Å². The van der Waals surface area contributed by atoms with Gasteiger partial charge < -0.3 is 5.73 Å². The topological polar surface area (TPSA) is 90.0 Å². The van der Waals surface area contributed by atoms with E-state index in [1.54, 1.807) is 0 Å². The highest BCUT2D eigenvalue weighted by Crippen LogP contribution is 2.33. The van der Waals surface area contributed by atoms with Crippen molar-refractivity contribution in [3.8, 4) is 0 Å². The Balaban J connectivity index is 2.10. The predicted octanol–water partition coefficient (Wildman–Crippen LogP) is 0.952. The first-order chi connectivity index (χ1) is 8.42. The molecule has 0 aromatic carbocycles. The maximum absolute atomic E-state index is 12.2. The number of hydrogen-bond acceptors (Lipinski definition) is 4. The summed E-state index contributed by atoms with van der Waals surface area (Å²) in [6.45, 7) is 4.36. The van der Waals surface area contributed by atoms with Crippen molar-refractivity contribution >= 4 is 15.8 Å². The molecule has 1 fully saturated rings. The van der Waals surface area contributed by atoms with Gasteiger partial charge in [-0.2, -0.15) is 5.10 Å². The van der Waals surface area contributed by atoms with Crippen LogP contribution in [-0.2, 0) is 16.6 Å². The highest BCUT2D eigenvalue weighted by atomic mass is 32.2. The molecule has 7 heteroatoms. The first-order valence-corrected chi connectivity index (χ1v) is 7.76. The average Bonchev–Trinajstić information content (AvgIpc) is 2.97. The smallest absolute Gasteiger partial charge is 0.246 e. The van der Waals surface area contributed by atoms with Crippen LogP contribution in [0.2, 0.25) is 0 Å². The third-order valence-electron chi connectivity index (χ3n) is 3.11. The summed E-state index contributed by atoms with van der Waals surface area (Å²) < 4.78 is 28.5. The van der Waals surface area contributed by atoms with E-state index in [1.165, 1.54) is 23.7 Å². The Morgan fingerprint density at radius 1 is 1.61 bits per heavy atom. The lowest BCUT2D eigenvalue weighted by molar-refractivity contribution is 0.530. The van der Waals surface area contributed by atoms with Gasteiger partial charge in [0.2, 0.25) is 10.0 Å². The molecule has 1 heterocycles. The van der Waals surface area contributed by atoms with Gasteiger partial charge in [0.05, 0.1) is 0 Å². The quantitative estimate of drug-likeness (QED) is 0.807. The lowest BCUT2D eigenvalue weighted by Crippen LogP contribution is -2.33. The van der Waals surface area contributed by atoms with Crippen LogP contribution < -0.4 is 10.5 Å². The Morgan fingerprint density at radius 3 is 2.78 bits per heavy atom. The minimum Gasteiger partial charge on any atom is -0.381 e. The molecule has 1 atom stereocenters. The zero-order chi connectivity index (χ0) is 13.3. The second-order valence-electron chi connectivity index (χ2n) is 4.94. The van der Waals surface area contributed by atoms with Crippen LogP contribution in [0.4, 0.5) is 5.82 Å². The molecule has 1 saturated carbocycles. The fourth-order valence-corrected chi connectivity index (χ4v) is 3.35. The average molecular weight is 272 g/mol. The van der Waals surface area contributed by atoms with Gasteiger partial charge in [0.15, 0.2) is 5.82 Å². The van der Waals surface area contributed by atoms with E-state index in [9.17, 15) is 8.42 Å². The number of nitrogens with two attached hydrogens (primary N) is 1. The number of aromatic nitrogens is 2. The van der Waals surface area contributed by atoms with Crippen molar-refractivity contribution < 1.29 is 8.42 Å². The number of sulfonamides is 1. The SMILES string of the molecule is CCn1cc(S(=O)(=O)NC(C)CC2CC2)c(N)n1. The van der Waals surface area contributed by atoms with Crippen LogP contribution in [0.5, 0.6) is 0 Å². The molecular formula is C11H20N4O2S. The minimum absolute atomic E-state index is 0.0583. The van der Waals surface area contributed by atoms with Gasteiger partial charge in [0.25, 0.3) is 0 Å². The van der Waals surface area contributed by atoms with Crippen molar-refractivity contribution in [2.24, 2.45) is 5.92 Å². The number of hydrogen-bond donors (Lipinski definition) is 2. The molecule has 0 spiro atoms. The highest BCUT2D eigenvalue weighted by Gasteiger charge is 2.27. The molecule has 1 aromatic heterocycles. The number of anilines is 1. The molecule has 1 aromatic rings. The van der Waals surface area contributed by atoms with Gasteiger partial charge in [-0.3, -0.25) is 4.68 Å². The summed E-state index contributed by atoms with van der Waals surface area (Å²) >= 11 is 0. The van der Waals surface area contributed by atoms with Gasteiger partial charge in [-0.05, 0) is 26.2 Å². The van der Waals surface area contributed by atoms with E-state index in [0.29, 0.717) is 12.5 Å². The molecule has 1 aliphatic rings. The van der Waals surface area contributed by atoms with Crippen molar-refractivity contribution in [2.75, 3.05) is 5.73 Å². The van der Waals surface area contributed by atoms with Crippen LogP contribution >= 0.6 is 0 Å². The molecule has 0 bridgehead atoms. The Kier molecular flexibility index (Phi) is 3.63. The highest BCUT2D eigenvalue weighted by molar-refractivity contribution is 7.89. The van der Waals surface area contributed by atoms with Gasteiger partial charge in [0, 0.05) is 18.8 Å². The van der Waals surface area contributed by atoms with Gasteiger partial charge in [-0.15, -0.1) is 0 Å². The largest absolute Gasteiger partial charge is 0.381 e.